The topological polar surface area (TPSA) is 84.7 Å². The maximum atomic E-state index is 11.8. The highest BCUT2D eigenvalue weighted by atomic mass is 32.2. The van der Waals surface area contributed by atoms with Crippen LogP contribution in [0.1, 0.15) is 10.6 Å². The standard InChI is InChI=1S/C11H8N4O2S/c16-7(8-2-1-3-17-8)4-18-11-9-10(13-5-12-9)14-6-15-11/h1-3,5-6H,4H2,(H,12,13,14,15). The van der Waals surface area contributed by atoms with Crippen molar-refractivity contribution in [3.8, 4) is 0 Å². The second kappa shape index (κ2) is 4.61. The number of Topliss-reactive ketones (excluding diaryl/α,β-unsaturated/α-hetero) is 1. The molecule has 0 aromatic carbocycles. The van der Waals surface area contributed by atoms with Crippen molar-refractivity contribution in [1.82, 2.24) is 19.9 Å². The molecule has 90 valence electrons. The molecule has 0 saturated carbocycles. The number of ketones is 1. The third-order valence-electron chi connectivity index (χ3n) is 2.32. The van der Waals surface area contributed by atoms with Crippen LogP contribution in [-0.4, -0.2) is 31.5 Å². The van der Waals surface area contributed by atoms with E-state index < -0.39 is 0 Å². The summed E-state index contributed by atoms with van der Waals surface area (Å²) in [4.78, 5) is 26.9. The van der Waals surface area contributed by atoms with Gasteiger partial charge in [-0.1, -0.05) is 11.8 Å². The molecule has 0 spiro atoms. The number of furan rings is 1. The number of imidazole rings is 1. The number of hydrogen-bond donors (Lipinski definition) is 1. The van der Waals surface area contributed by atoms with Gasteiger partial charge in [-0.3, -0.25) is 4.79 Å². The lowest BCUT2D eigenvalue weighted by molar-refractivity contribution is 0.0992. The summed E-state index contributed by atoms with van der Waals surface area (Å²) >= 11 is 1.33. The summed E-state index contributed by atoms with van der Waals surface area (Å²) in [5, 5.41) is 0.706. The van der Waals surface area contributed by atoms with Crippen LogP contribution >= 0.6 is 11.8 Å². The molecule has 0 unspecified atom stereocenters. The molecule has 0 atom stereocenters. The van der Waals surface area contributed by atoms with Gasteiger partial charge >= 0.3 is 0 Å². The van der Waals surface area contributed by atoms with E-state index in [1.54, 1.807) is 18.5 Å². The average Bonchev–Trinajstić information content (AvgIpc) is 3.05. The molecule has 0 radical (unpaired) electrons. The number of hydrogen-bond acceptors (Lipinski definition) is 6. The van der Waals surface area contributed by atoms with Crippen LogP contribution in [0.4, 0.5) is 0 Å². The Morgan fingerprint density at radius 1 is 1.39 bits per heavy atom. The average molecular weight is 260 g/mol. The molecule has 0 saturated heterocycles. The maximum absolute atomic E-state index is 11.8. The van der Waals surface area contributed by atoms with Gasteiger partial charge in [0.2, 0.25) is 5.78 Å². The van der Waals surface area contributed by atoms with Crippen molar-refractivity contribution in [2.24, 2.45) is 0 Å². The molecule has 0 fully saturated rings. The van der Waals surface area contributed by atoms with Gasteiger partial charge in [0.1, 0.15) is 16.9 Å². The molecule has 0 aliphatic carbocycles. The van der Waals surface area contributed by atoms with Gasteiger partial charge in [-0.2, -0.15) is 0 Å². The van der Waals surface area contributed by atoms with E-state index in [1.807, 2.05) is 0 Å². The number of aromatic nitrogens is 4. The van der Waals surface area contributed by atoms with Gasteiger partial charge in [0.05, 0.1) is 18.3 Å². The molecular weight excluding hydrogens is 252 g/mol. The van der Waals surface area contributed by atoms with E-state index >= 15 is 0 Å². The summed E-state index contributed by atoms with van der Waals surface area (Å²) in [5.41, 5.74) is 1.34. The van der Waals surface area contributed by atoms with Gasteiger partial charge in [-0.25, -0.2) is 15.0 Å². The molecule has 0 aliphatic heterocycles. The fourth-order valence-electron chi connectivity index (χ4n) is 1.49. The minimum atomic E-state index is -0.0729. The Bertz CT molecular complexity index is 677. The fourth-order valence-corrected chi connectivity index (χ4v) is 2.32. The van der Waals surface area contributed by atoms with E-state index in [1.165, 1.54) is 24.4 Å². The van der Waals surface area contributed by atoms with Crippen LogP contribution in [0.2, 0.25) is 0 Å². The number of rotatable bonds is 4. The molecule has 3 aromatic heterocycles. The first-order valence-electron chi connectivity index (χ1n) is 5.18. The molecule has 0 amide bonds. The zero-order chi connectivity index (χ0) is 12.4. The first kappa shape index (κ1) is 11.0. The van der Waals surface area contributed by atoms with Gasteiger partial charge < -0.3 is 9.40 Å². The summed E-state index contributed by atoms with van der Waals surface area (Å²) in [7, 11) is 0. The number of H-pyrrole nitrogens is 1. The number of carbonyl (C=O) groups is 1. The van der Waals surface area contributed by atoms with E-state index in [0.29, 0.717) is 16.4 Å². The summed E-state index contributed by atoms with van der Waals surface area (Å²) in [6.07, 6.45) is 4.47. The molecule has 3 aromatic rings. The molecule has 0 bridgehead atoms. The van der Waals surface area contributed by atoms with Gasteiger partial charge in [0, 0.05) is 0 Å². The Morgan fingerprint density at radius 3 is 3.17 bits per heavy atom. The number of fused-ring (bicyclic) bond motifs is 1. The van der Waals surface area contributed by atoms with Crippen molar-refractivity contribution in [3.05, 3.63) is 36.8 Å². The first-order valence-corrected chi connectivity index (χ1v) is 6.17. The highest BCUT2D eigenvalue weighted by Gasteiger charge is 2.12. The Morgan fingerprint density at radius 2 is 2.33 bits per heavy atom. The van der Waals surface area contributed by atoms with E-state index in [-0.39, 0.29) is 11.5 Å². The van der Waals surface area contributed by atoms with Crippen molar-refractivity contribution in [1.29, 1.82) is 0 Å². The van der Waals surface area contributed by atoms with Gasteiger partial charge in [0.15, 0.2) is 11.4 Å². The minimum Gasteiger partial charge on any atom is -0.461 e. The Balaban J connectivity index is 1.77. The second-order valence-corrected chi connectivity index (χ2v) is 4.43. The highest BCUT2D eigenvalue weighted by molar-refractivity contribution is 8.00. The van der Waals surface area contributed by atoms with E-state index in [0.717, 1.165) is 5.52 Å². The summed E-state index contributed by atoms with van der Waals surface area (Å²) in [5.74, 6) is 0.548. The van der Waals surface area contributed by atoms with Crippen molar-refractivity contribution < 1.29 is 9.21 Å². The smallest absolute Gasteiger partial charge is 0.208 e. The van der Waals surface area contributed by atoms with E-state index in [4.69, 9.17) is 4.42 Å². The Hall–Kier alpha value is -2.15. The first-order chi connectivity index (χ1) is 8.84. The van der Waals surface area contributed by atoms with Gasteiger partial charge in [-0.05, 0) is 12.1 Å². The molecule has 3 rings (SSSR count). The van der Waals surface area contributed by atoms with Crippen LogP contribution in [0.5, 0.6) is 0 Å². The van der Waals surface area contributed by atoms with Crippen LogP contribution in [0, 0.1) is 0 Å². The fraction of sp³-hybridized carbons (Fsp3) is 0.0909. The molecule has 0 aliphatic rings. The van der Waals surface area contributed by atoms with Crippen LogP contribution in [0.25, 0.3) is 11.2 Å². The van der Waals surface area contributed by atoms with Crippen molar-refractivity contribution in [2.75, 3.05) is 5.75 Å². The third kappa shape index (κ3) is 2.00. The number of aromatic amines is 1. The van der Waals surface area contributed by atoms with Crippen molar-refractivity contribution in [2.45, 2.75) is 5.03 Å². The molecule has 6 nitrogen and oxygen atoms in total. The Labute approximate surface area is 106 Å². The lowest BCUT2D eigenvalue weighted by Gasteiger charge is -1.99. The number of carbonyl (C=O) groups excluding carboxylic acids is 1. The lowest BCUT2D eigenvalue weighted by atomic mass is 10.3. The minimum absolute atomic E-state index is 0.0729. The predicted molar refractivity (Wildman–Crippen MR) is 65.4 cm³/mol. The molecule has 7 heteroatoms. The molecule has 3 heterocycles. The van der Waals surface area contributed by atoms with Crippen LogP contribution in [0.15, 0.2) is 40.5 Å². The second-order valence-electron chi connectivity index (χ2n) is 3.47. The zero-order valence-electron chi connectivity index (χ0n) is 9.16. The largest absolute Gasteiger partial charge is 0.461 e. The number of nitrogens with zero attached hydrogens (tertiary/aromatic N) is 3. The van der Waals surface area contributed by atoms with Gasteiger partial charge in [-0.15, -0.1) is 0 Å². The van der Waals surface area contributed by atoms with E-state index in [9.17, 15) is 4.79 Å². The highest BCUT2D eigenvalue weighted by Crippen LogP contribution is 2.22. The van der Waals surface area contributed by atoms with Crippen molar-refractivity contribution >= 4 is 28.7 Å². The van der Waals surface area contributed by atoms with E-state index in [2.05, 4.69) is 19.9 Å². The summed E-state index contributed by atoms with van der Waals surface area (Å²) in [6, 6.07) is 3.34. The summed E-state index contributed by atoms with van der Waals surface area (Å²) < 4.78 is 5.04. The normalized spacial score (nSPS) is 10.9. The van der Waals surface area contributed by atoms with Gasteiger partial charge in [0.25, 0.3) is 0 Å². The lowest BCUT2D eigenvalue weighted by Crippen LogP contribution is -2.01. The molecule has 18 heavy (non-hydrogen) atoms. The summed E-state index contributed by atoms with van der Waals surface area (Å²) in [6.45, 7) is 0. The maximum Gasteiger partial charge on any atom is 0.208 e. The number of thioether (sulfide) groups is 1. The predicted octanol–water partition coefficient (Wildman–Crippen LogP) is 1.92. The Kier molecular flexibility index (Phi) is 2.81. The third-order valence-corrected chi connectivity index (χ3v) is 3.31. The zero-order valence-corrected chi connectivity index (χ0v) is 9.98. The van der Waals surface area contributed by atoms with Crippen LogP contribution in [-0.2, 0) is 0 Å². The number of nitrogens with one attached hydrogen (secondary N) is 1. The molecule has 1 N–H and O–H groups in total. The molecular formula is C11H8N4O2S. The quantitative estimate of drug-likeness (QED) is 0.438. The van der Waals surface area contributed by atoms with Crippen LogP contribution < -0.4 is 0 Å². The van der Waals surface area contributed by atoms with Crippen LogP contribution in [0.3, 0.4) is 0 Å². The van der Waals surface area contributed by atoms with Crippen molar-refractivity contribution in [3.63, 3.8) is 0 Å². The monoisotopic (exact) mass is 260 g/mol. The SMILES string of the molecule is O=C(CSc1ncnc2nc[nH]c12)c1ccco1.